The molecule has 2 aliphatic heterocycles. The van der Waals surface area contributed by atoms with Crippen molar-refractivity contribution in [2.24, 2.45) is 11.8 Å². The Bertz CT molecular complexity index is 827. The molecule has 1 fully saturated rings. The predicted molar refractivity (Wildman–Crippen MR) is 113 cm³/mol. The second-order valence-corrected chi connectivity index (χ2v) is 8.23. The number of amides is 1. The number of hydrogen-bond donors (Lipinski definition) is 1. The van der Waals surface area contributed by atoms with Crippen molar-refractivity contribution < 1.29 is 13.9 Å². The highest BCUT2D eigenvalue weighted by molar-refractivity contribution is 5.92. The minimum absolute atomic E-state index is 0.0464. The molecule has 5 heteroatoms. The summed E-state index contributed by atoms with van der Waals surface area (Å²) in [5, 5.41) is 2.85. The van der Waals surface area contributed by atoms with Crippen molar-refractivity contribution in [3.8, 4) is 5.75 Å². The number of anilines is 1. The number of rotatable bonds is 4. The third-order valence-electron chi connectivity index (χ3n) is 6.17. The van der Waals surface area contributed by atoms with Crippen molar-refractivity contribution in [2.45, 2.75) is 32.1 Å². The first-order valence-corrected chi connectivity index (χ1v) is 10.7. The Kier molecular flexibility index (Phi) is 6.45. The predicted octanol–water partition coefficient (Wildman–Crippen LogP) is 4.51. The van der Waals surface area contributed by atoms with Crippen LogP contribution >= 0.6 is 0 Å². The number of fused-ring (bicyclic) bond motifs is 2. The van der Waals surface area contributed by atoms with Gasteiger partial charge >= 0.3 is 0 Å². The number of nitrogens with zero attached hydrogens (tertiary/aromatic N) is 1. The Morgan fingerprint density at radius 3 is 2.83 bits per heavy atom. The van der Waals surface area contributed by atoms with E-state index in [2.05, 4.69) is 40.5 Å². The third-order valence-corrected chi connectivity index (χ3v) is 6.17. The molecule has 154 valence electrons. The minimum atomic E-state index is -0.369. The maximum Gasteiger partial charge on any atom is 0.224 e. The molecule has 1 amide bonds. The average Bonchev–Trinajstić information content (AvgIpc) is 2.72. The highest BCUT2D eigenvalue weighted by Crippen LogP contribution is 2.33. The van der Waals surface area contributed by atoms with Gasteiger partial charge in [0.1, 0.15) is 11.6 Å². The van der Waals surface area contributed by atoms with E-state index in [0.29, 0.717) is 36.3 Å². The molecule has 0 spiro atoms. The molecular formula is C24H29FN2O2. The van der Waals surface area contributed by atoms with Gasteiger partial charge in [-0.05, 0) is 68.3 Å². The zero-order valence-electron chi connectivity index (χ0n) is 16.8. The van der Waals surface area contributed by atoms with E-state index in [-0.39, 0.29) is 11.7 Å². The van der Waals surface area contributed by atoms with Gasteiger partial charge in [0.2, 0.25) is 5.91 Å². The Labute approximate surface area is 172 Å². The summed E-state index contributed by atoms with van der Waals surface area (Å²) in [6.45, 7) is 3.74. The lowest BCUT2D eigenvalue weighted by Crippen LogP contribution is -2.42. The molecule has 2 aromatic rings. The summed E-state index contributed by atoms with van der Waals surface area (Å²) in [5.41, 5.74) is 1.83. The summed E-state index contributed by atoms with van der Waals surface area (Å²) in [4.78, 5) is 15.1. The van der Waals surface area contributed by atoms with Gasteiger partial charge in [-0.15, -0.1) is 0 Å². The number of carbonyl (C=O) groups excluding carboxylic acids is 1. The van der Waals surface area contributed by atoms with Crippen LogP contribution in [0, 0.1) is 17.7 Å². The molecule has 1 saturated heterocycles. The smallest absolute Gasteiger partial charge is 0.224 e. The van der Waals surface area contributed by atoms with Gasteiger partial charge in [-0.25, -0.2) is 4.39 Å². The summed E-state index contributed by atoms with van der Waals surface area (Å²) >= 11 is 0. The van der Waals surface area contributed by atoms with Crippen LogP contribution in [0.3, 0.4) is 0 Å². The van der Waals surface area contributed by atoms with E-state index >= 15 is 0 Å². The lowest BCUT2D eigenvalue weighted by atomic mass is 9.81. The normalized spacial score (nSPS) is 22.7. The van der Waals surface area contributed by atoms with Gasteiger partial charge in [0.15, 0.2) is 0 Å². The SMILES string of the molecule is O=C1C[C@@H]2CCN(CCCc3ccccc3)C[C@@H]2CCOc2ccc(F)cc2N1. The lowest BCUT2D eigenvalue weighted by Gasteiger charge is -2.39. The molecule has 0 bridgehead atoms. The van der Waals surface area contributed by atoms with E-state index in [9.17, 15) is 9.18 Å². The van der Waals surface area contributed by atoms with E-state index in [4.69, 9.17) is 4.74 Å². The van der Waals surface area contributed by atoms with E-state index in [0.717, 1.165) is 45.3 Å². The van der Waals surface area contributed by atoms with E-state index < -0.39 is 0 Å². The van der Waals surface area contributed by atoms with Gasteiger partial charge in [0, 0.05) is 19.0 Å². The van der Waals surface area contributed by atoms with E-state index in [1.165, 1.54) is 17.7 Å². The summed E-state index contributed by atoms with van der Waals surface area (Å²) in [5.74, 6) is 0.947. The van der Waals surface area contributed by atoms with Gasteiger partial charge in [-0.1, -0.05) is 30.3 Å². The van der Waals surface area contributed by atoms with Crippen LogP contribution in [0.4, 0.5) is 10.1 Å². The van der Waals surface area contributed by atoms with Gasteiger partial charge in [0.05, 0.1) is 12.3 Å². The second-order valence-electron chi connectivity index (χ2n) is 8.23. The van der Waals surface area contributed by atoms with Crippen molar-refractivity contribution >= 4 is 11.6 Å². The van der Waals surface area contributed by atoms with Gasteiger partial charge in [-0.3, -0.25) is 4.79 Å². The largest absolute Gasteiger partial charge is 0.491 e. The number of ether oxygens (including phenoxy) is 1. The Hall–Kier alpha value is -2.40. The molecule has 0 saturated carbocycles. The molecule has 29 heavy (non-hydrogen) atoms. The van der Waals surface area contributed by atoms with Crippen molar-refractivity contribution in [3.05, 3.63) is 59.9 Å². The van der Waals surface area contributed by atoms with Crippen LogP contribution in [0.1, 0.15) is 31.2 Å². The molecule has 4 nitrogen and oxygen atoms in total. The summed E-state index contributed by atoms with van der Waals surface area (Å²) in [6.07, 6.45) is 4.70. The Balaban J connectivity index is 1.34. The topological polar surface area (TPSA) is 41.6 Å². The van der Waals surface area contributed by atoms with Crippen LogP contribution in [0.25, 0.3) is 0 Å². The van der Waals surface area contributed by atoms with Crippen LogP contribution in [0.2, 0.25) is 0 Å². The average molecular weight is 397 g/mol. The van der Waals surface area contributed by atoms with Gasteiger partial charge < -0.3 is 15.0 Å². The Morgan fingerprint density at radius 1 is 1.10 bits per heavy atom. The summed E-state index contributed by atoms with van der Waals surface area (Å²) < 4.78 is 19.4. The number of benzene rings is 2. The Morgan fingerprint density at radius 2 is 1.97 bits per heavy atom. The fourth-order valence-electron chi connectivity index (χ4n) is 4.59. The van der Waals surface area contributed by atoms with E-state index in [1.54, 1.807) is 6.07 Å². The quantitative estimate of drug-likeness (QED) is 0.827. The number of halogens is 1. The van der Waals surface area contributed by atoms with E-state index in [1.807, 2.05) is 0 Å². The number of aryl methyl sites for hydroxylation is 1. The molecule has 2 aromatic carbocycles. The first-order chi connectivity index (χ1) is 14.2. The minimum Gasteiger partial charge on any atom is -0.491 e. The molecule has 0 aromatic heterocycles. The highest BCUT2D eigenvalue weighted by atomic mass is 19.1. The standard InChI is InChI=1S/C24H29FN2O2/c25-21-8-9-23-22(16-21)26-24(28)15-19-10-13-27(17-20(19)11-14-29-23)12-4-7-18-5-2-1-3-6-18/h1-3,5-6,8-9,16,19-20H,4,7,10-15,17H2,(H,26,28)/t19-,20-/m0/s1. The van der Waals surface area contributed by atoms with Crippen LogP contribution in [0.5, 0.6) is 5.75 Å². The molecule has 2 atom stereocenters. The molecule has 0 aliphatic carbocycles. The number of likely N-dealkylation sites (tertiary alicyclic amines) is 1. The fraction of sp³-hybridized carbons (Fsp3) is 0.458. The molecule has 1 N–H and O–H groups in total. The first kappa shape index (κ1) is 19.9. The molecule has 2 heterocycles. The number of carbonyl (C=O) groups is 1. The highest BCUT2D eigenvalue weighted by Gasteiger charge is 2.31. The second kappa shape index (κ2) is 9.40. The molecule has 2 aliphatic rings. The molecule has 4 rings (SSSR count). The lowest BCUT2D eigenvalue weighted by molar-refractivity contribution is -0.118. The molecular weight excluding hydrogens is 367 g/mol. The maximum absolute atomic E-state index is 13.5. The van der Waals surface area contributed by atoms with Gasteiger partial charge in [-0.2, -0.15) is 0 Å². The molecule has 0 radical (unpaired) electrons. The third kappa shape index (κ3) is 5.36. The molecule has 0 unspecified atom stereocenters. The van der Waals surface area contributed by atoms with Crippen molar-refractivity contribution in [3.63, 3.8) is 0 Å². The summed E-state index contributed by atoms with van der Waals surface area (Å²) in [6, 6.07) is 14.9. The van der Waals surface area contributed by atoms with Crippen molar-refractivity contribution in [2.75, 3.05) is 31.6 Å². The zero-order valence-corrected chi connectivity index (χ0v) is 16.8. The fourth-order valence-corrected chi connectivity index (χ4v) is 4.59. The summed E-state index contributed by atoms with van der Waals surface area (Å²) in [7, 11) is 0. The van der Waals surface area contributed by atoms with Crippen LogP contribution < -0.4 is 10.1 Å². The zero-order chi connectivity index (χ0) is 20.1. The first-order valence-electron chi connectivity index (χ1n) is 10.7. The monoisotopic (exact) mass is 396 g/mol. The van der Waals surface area contributed by atoms with Gasteiger partial charge in [0.25, 0.3) is 0 Å². The van der Waals surface area contributed by atoms with Crippen LogP contribution in [0.15, 0.2) is 48.5 Å². The number of hydrogen-bond acceptors (Lipinski definition) is 3. The van der Waals surface area contributed by atoms with Crippen molar-refractivity contribution in [1.29, 1.82) is 0 Å². The maximum atomic E-state index is 13.5. The van der Waals surface area contributed by atoms with Crippen LogP contribution in [-0.2, 0) is 11.2 Å². The number of nitrogens with one attached hydrogen (secondary N) is 1. The van der Waals surface area contributed by atoms with Crippen LogP contribution in [-0.4, -0.2) is 37.0 Å². The number of piperidine rings is 1. The van der Waals surface area contributed by atoms with Crippen molar-refractivity contribution in [1.82, 2.24) is 4.90 Å².